The third kappa shape index (κ3) is 2.30. The van der Waals surface area contributed by atoms with Gasteiger partial charge in [0.15, 0.2) is 0 Å². The summed E-state index contributed by atoms with van der Waals surface area (Å²) in [5.74, 6) is 0.871. The SMILES string of the molecule is CCC1(C)CCCN(C(C)C)C12C=Nc1c(ccc3ccncc13)O2. The van der Waals surface area contributed by atoms with E-state index in [1.54, 1.807) is 0 Å². The van der Waals surface area contributed by atoms with Crippen molar-refractivity contribution in [1.29, 1.82) is 0 Å². The van der Waals surface area contributed by atoms with Gasteiger partial charge in [-0.25, -0.2) is 0 Å². The van der Waals surface area contributed by atoms with Gasteiger partial charge in [0.2, 0.25) is 5.72 Å². The van der Waals surface area contributed by atoms with Crippen LogP contribution >= 0.6 is 0 Å². The summed E-state index contributed by atoms with van der Waals surface area (Å²) in [6, 6.07) is 6.60. The first-order valence-corrected chi connectivity index (χ1v) is 9.38. The van der Waals surface area contributed by atoms with Gasteiger partial charge in [-0.05, 0) is 50.6 Å². The molecule has 0 bridgehead atoms. The Balaban J connectivity index is 1.88. The third-order valence-corrected chi connectivity index (χ3v) is 6.21. The van der Waals surface area contributed by atoms with Crippen LogP contribution in [0.2, 0.25) is 0 Å². The predicted octanol–water partition coefficient (Wildman–Crippen LogP) is 4.95. The van der Waals surface area contributed by atoms with Crippen molar-refractivity contribution in [3.8, 4) is 5.75 Å². The van der Waals surface area contributed by atoms with Crippen molar-refractivity contribution < 1.29 is 4.74 Å². The van der Waals surface area contributed by atoms with Gasteiger partial charge in [-0.15, -0.1) is 0 Å². The van der Waals surface area contributed by atoms with E-state index < -0.39 is 5.72 Å². The van der Waals surface area contributed by atoms with Crippen LogP contribution in [-0.2, 0) is 0 Å². The van der Waals surface area contributed by atoms with E-state index in [9.17, 15) is 0 Å². The highest BCUT2D eigenvalue weighted by Crippen LogP contribution is 2.51. The molecule has 1 saturated heterocycles. The van der Waals surface area contributed by atoms with Crippen LogP contribution in [0.1, 0.15) is 47.0 Å². The molecule has 1 fully saturated rings. The van der Waals surface area contributed by atoms with Gasteiger partial charge in [-0.3, -0.25) is 14.9 Å². The van der Waals surface area contributed by atoms with E-state index in [-0.39, 0.29) is 5.41 Å². The van der Waals surface area contributed by atoms with Crippen molar-refractivity contribution in [3.05, 3.63) is 30.6 Å². The van der Waals surface area contributed by atoms with Gasteiger partial charge in [0.05, 0.1) is 6.21 Å². The van der Waals surface area contributed by atoms with Gasteiger partial charge >= 0.3 is 0 Å². The highest BCUT2D eigenvalue weighted by molar-refractivity contribution is 5.97. The van der Waals surface area contributed by atoms with Gasteiger partial charge in [-0.2, -0.15) is 0 Å². The Kier molecular flexibility index (Phi) is 3.84. The quantitative estimate of drug-likeness (QED) is 0.778. The zero-order valence-electron chi connectivity index (χ0n) is 15.6. The number of hydrogen-bond donors (Lipinski definition) is 0. The molecule has 25 heavy (non-hydrogen) atoms. The van der Waals surface area contributed by atoms with Crippen LogP contribution in [-0.4, -0.2) is 34.4 Å². The maximum Gasteiger partial charge on any atom is 0.205 e. The van der Waals surface area contributed by atoms with Crippen molar-refractivity contribution in [2.75, 3.05) is 6.54 Å². The predicted molar refractivity (Wildman–Crippen MR) is 103 cm³/mol. The fourth-order valence-electron chi connectivity index (χ4n) is 4.50. The highest BCUT2D eigenvalue weighted by atomic mass is 16.5. The molecule has 2 unspecified atom stereocenters. The molecule has 4 nitrogen and oxygen atoms in total. The number of nitrogens with zero attached hydrogens (tertiary/aromatic N) is 3. The second-order valence-corrected chi connectivity index (χ2v) is 7.87. The van der Waals surface area contributed by atoms with E-state index in [4.69, 9.17) is 9.73 Å². The Morgan fingerprint density at radius 2 is 2.12 bits per heavy atom. The van der Waals surface area contributed by atoms with E-state index in [0.29, 0.717) is 6.04 Å². The van der Waals surface area contributed by atoms with Gasteiger partial charge in [0.25, 0.3) is 0 Å². The Bertz CT molecular complexity index is 831. The zero-order chi connectivity index (χ0) is 17.7. The molecule has 2 aliphatic rings. The van der Waals surface area contributed by atoms with Crippen LogP contribution in [0.3, 0.4) is 0 Å². The molecule has 0 amide bonds. The first-order valence-electron chi connectivity index (χ1n) is 9.38. The standard InChI is InChI=1S/C21H27N3O/c1-5-20(4)10-6-12-24(15(2)3)21(20)14-23-19-17-13-22-11-9-16(17)7-8-18(19)25-21/h7-9,11,13-15H,5-6,10,12H2,1-4H3. The van der Waals surface area contributed by atoms with E-state index in [1.807, 2.05) is 18.5 Å². The van der Waals surface area contributed by atoms with Crippen LogP contribution < -0.4 is 4.74 Å². The van der Waals surface area contributed by atoms with Crippen molar-refractivity contribution in [3.63, 3.8) is 0 Å². The van der Waals surface area contributed by atoms with Crippen molar-refractivity contribution >= 4 is 22.7 Å². The lowest BCUT2D eigenvalue weighted by Crippen LogP contribution is -2.68. The third-order valence-electron chi connectivity index (χ3n) is 6.21. The Hall–Kier alpha value is -1.94. The molecule has 1 aromatic heterocycles. The number of fused-ring (bicyclic) bond motifs is 3. The number of aliphatic imine (C=N–C) groups is 1. The molecule has 0 radical (unpaired) electrons. The lowest BCUT2D eigenvalue weighted by Gasteiger charge is -2.57. The minimum absolute atomic E-state index is 0.0423. The molecular formula is C21H27N3O. The molecule has 3 heterocycles. The van der Waals surface area contributed by atoms with E-state index in [2.05, 4.69) is 55.9 Å². The minimum Gasteiger partial charge on any atom is -0.464 e. The van der Waals surface area contributed by atoms with Gasteiger partial charge in [-0.1, -0.05) is 19.9 Å². The lowest BCUT2D eigenvalue weighted by molar-refractivity contribution is -0.155. The summed E-state index contributed by atoms with van der Waals surface area (Å²) in [5, 5.41) is 2.20. The van der Waals surface area contributed by atoms with Gasteiger partial charge in [0.1, 0.15) is 11.4 Å². The average Bonchev–Trinajstić information content (AvgIpc) is 2.63. The summed E-state index contributed by atoms with van der Waals surface area (Å²) in [5.41, 5.74) is 0.474. The monoisotopic (exact) mass is 337 g/mol. The number of benzene rings is 1. The Morgan fingerprint density at radius 3 is 2.88 bits per heavy atom. The molecule has 2 atom stereocenters. The molecule has 2 aromatic rings. The summed E-state index contributed by atoms with van der Waals surface area (Å²) in [7, 11) is 0. The zero-order valence-corrected chi connectivity index (χ0v) is 15.6. The summed E-state index contributed by atoms with van der Waals surface area (Å²) in [6.07, 6.45) is 9.20. The van der Waals surface area contributed by atoms with Gasteiger partial charge < -0.3 is 4.74 Å². The smallest absolute Gasteiger partial charge is 0.205 e. The number of ether oxygens (including phenoxy) is 1. The first-order chi connectivity index (χ1) is 12.0. The molecular weight excluding hydrogens is 310 g/mol. The molecule has 0 aliphatic carbocycles. The fourth-order valence-corrected chi connectivity index (χ4v) is 4.50. The summed E-state index contributed by atoms with van der Waals surface area (Å²) in [4.78, 5) is 11.7. The largest absolute Gasteiger partial charge is 0.464 e. The molecule has 132 valence electrons. The summed E-state index contributed by atoms with van der Waals surface area (Å²) in [6.45, 7) is 10.2. The van der Waals surface area contributed by atoms with Crippen LogP contribution in [0.4, 0.5) is 5.69 Å². The maximum atomic E-state index is 6.80. The molecule has 2 aliphatic heterocycles. The van der Waals surface area contributed by atoms with Crippen molar-refractivity contribution in [2.45, 2.75) is 58.7 Å². The fraction of sp³-hybridized carbons (Fsp3) is 0.524. The minimum atomic E-state index is -0.475. The summed E-state index contributed by atoms with van der Waals surface area (Å²) < 4.78 is 6.80. The van der Waals surface area contributed by atoms with Crippen LogP contribution in [0.15, 0.2) is 35.6 Å². The highest BCUT2D eigenvalue weighted by Gasteiger charge is 2.56. The molecule has 1 spiro atoms. The van der Waals surface area contributed by atoms with E-state index in [1.165, 1.54) is 6.42 Å². The lowest BCUT2D eigenvalue weighted by atomic mass is 9.69. The number of hydrogen-bond acceptors (Lipinski definition) is 4. The average molecular weight is 337 g/mol. The number of rotatable bonds is 2. The number of piperidine rings is 1. The van der Waals surface area contributed by atoms with Crippen molar-refractivity contribution in [2.24, 2.45) is 10.4 Å². The number of likely N-dealkylation sites (tertiary alicyclic amines) is 1. The topological polar surface area (TPSA) is 37.7 Å². The van der Waals surface area contributed by atoms with E-state index >= 15 is 0 Å². The number of pyridine rings is 1. The maximum absolute atomic E-state index is 6.80. The molecule has 0 saturated carbocycles. The van der Waals surface area contributed by atoms with E-state index in [0.717, 1.165) is 41.6 Å². The molecule has 1 aromatic carbocycles. The first kappa shape index (κ1) is 16.5. The Morgan fingerprint density at radius 1 is 1.28 bits per heavy atom. The molecule has 0 N–H and O–H groups in total. The molecule has 4 rings (SSSR count). The van der Waals surface area contributed by atoms with Crippen molar-refractivity contribution in [1.82, 2.24) is 9.88 Å². The van der Waals surface area contributed by atoms with Crippen LogP contribution in [0.5, 0.6) is 5.75 Å². The molecule has 4 heteroatoms. The Labute approximate surface area is 149 Å². The second kappa shape index (κ2) is 5.80. The second-order valence-electron chi connectivity index (χ2n) is 7.87. The summed E-state index contributed by atoms with van der Waals surface area (Å²) >= 11 is 0. The number of aromatic nitrogens is 1. The van der Waals surface area contributed by atoms with Crippen LogP contribution in [0, 0.1) is 5.41 Å². The normalized spacial score (nSPS) is 29.2. The van der Waals surface area contributed by atoms with Gasteiger partial charge in [0, 0.05) is 35.8 Å². The van der Waals surface area contributed by atoms with Crippen LogP contribution in [0.25, 0.3) is 10.8 Å².